The van der Waals surface area contributed by atoms with Gasteiger partial charge in [-0.2, -0.15) is 0 Å². The molecule has 0 radical (unpaired) electrons. The number of aromatic hydroxyl groups is 1. The topological polar surface area (TPSA) is 77.4 Å². The van der Waals surface area contributed by atoms with E-state index in [1.165, 1.54) is 12.1 Å². The molecule has 1 aromatic carbocycles. The van der Waals surface area contributed by atoms with E-state index < -0.39 is 10.1 Å². The minimum Gasteiger partial charge on any atom is -0.744 e. The van der Waals surface area contributed by atoms with E-state index in [2.05, 4.69) is 0 Å². The second-order valence-electron chi connectivity index (χ2n) is 6.37. The van der Waals surface area contributed by atoms with Gasteiger partial charge in [0.2, 0.25) is 0 Å². The van der Waals surface area contributed by atoms with Gasteiger partial charge in [0, 0.05) is 0 Å². The van der Waals surface area contributed by atoms with Gasteiger partial charge in [0.15, 0.2) is 0 Å². The maximum absolute atomic E-state index is 11.9. The van der Waals surface area contributed by atoms with Crippen molar-refractivity contribution in [2.24, 2.45) is 0 Å². The van der Waals surface area contributed by atoms with Crippen molar-refractivity contribution < 1.29 is 18.1 Å². The van der Waals surface area contributed by atoms with Crippen LogP contribution in [-0.4, -0.2) is 18.1 Å². The highest BCUT2D eigenvalue weighted by Gasteiger charge is 2.29. The van der Waals surface area contributed by atoms with Gasteiger partial charge in [-0.3, -0.25) is 0 Å². The maximum Gasteiger partial charge on any atom is 0.125 e. The first-order valence-corrected chi connectivity index (χ1v) is 9.20. The van der Waals surface area contributed by atoms with Gasteiger partial charge in [0.1, 0.15) is 15.9 Å². The molecule has 116 valence electrons. The molecule has 5 heteroatoms. The predicted molar refractivity (Wildman–Crippen MR) is 78.5 cm³/mol. The Labute approximate surface area is 125 Å². The molecule has 4 nitrogen and oxygen atoms in total. The lowest BCUT2D eigenvalue weighted by molar-refractivity contribution is 0.453. The quantitative estimate of drug-likeness (QED) is 0.865. The van der Waals surface area contributed by atoms with Crippen LogP contribution < -0.4 is 0 Å². The van der Waals surface area contributed by atoms with Crippen molar-refractivity contribution in [1.82, 2.24) is 0 Å². The molecule has 0 bridgehead atoms. The molecule has 0 spiro atoms. The van der Waals surface area contributed by atoms with E-state index in [1.807, 2.05) is 0 Å². The van der Waals surface area contributed by atoms with Crippen LogP contribution in [0.15, 0.2) is 17.0 Å². The first-order valence-electron chi connectivity index (χ1n) is 7.79. The molecule has 2 saturated carbocycles. The molecular formula is C16H21O4S-. The van der Waals surface area contributed by atoms with Crippen LogP contribution in [0.3, 0.4) is 0 Å². The number of phenolic OH excluding ortho intramolecular Hbond substituents is 1. The third-order valence-electron chi connectivity index (χ3n) is 4.97. The summed E-state index contributed by atoms with van der Waals surface area (Å²) in [5.74, 6) is 0.276. The SMILES string of the molecule is O=S(=O)([O-])c1c(C2CCCC2)cc(O)cc1C1CCCC1. The Hall–Kier alpha value is -1.07. The monoisotopic (exact) mass is 309 g/mol. The summed E-state index contributed by atoms with van der Waals surface area (Å²) in [5.41, 5.74) is 1.12. The number of benzene rings is 1. The van der Waals surface area contributed by atoms with Crippen molar-refractivity contribution in [2.45, 2.75) is 68.1 Å². The molecule has 0 atom stereocenters. The maximum atomic E-state index is 11.9. The largest absolute Gasteiger partial charge is 0.744 e. The van der Waals surface area contributed by atoms with Crippen molar-refractivity contribution in [3.05, 3.63) is 23.3 Å². The van der Waals surface area contributed by atoms with Crippen LogP contribution in [0.4, 0.5) is 0 Å². The van der Waals surface area contributed by atoms with Gasteiger partial charge in [-0.05, 0) is 60.8 Å². The molecule has 3 rings (SSSR count). The second kappa shape index (κ2) is 5.61. The van der Waals surface area contributed by atoms with E-state index in [-0.39, 0.29) is 22.5 Å². The molecule has 0 aliphatic heterocycles. The molecule has 0 saturated heterocycles. The first-order chi connectivity index (χ1) is 9.97. The molecule has 2 aliphatic rings. The Morgan fingerprint density at radius 1 is 0.905 bits per heavy atom. The summed E-state index contributed by atoms with van der Waals surface area (Å²) < 4.78 is 35.6. The van der Waals surface area contributed by atoms with Crippen molar-refractivity contribution in [3.8, 4) is 5.75 Å². The lowest BCUT2D eigenvalue weighted by Gasteiger charge is -2.24. The summed E-state index contributed by atoms with van der Waals surface area (Å²) in [6.45, 7) is 0. The highest BCUT2D eigenvalue weighted by molar-refractivity contribution is 7.85. The summed E-state index contributed by atoms with van der Waals surface area (Å²) in [5, 5.41) is 10.0. The molecule has 1 N–H and O–H groups in total. The summed E-state index contributed by atoms with van der Waals surface area (Å²) >= 11 is 0. The Bertz CT molecular complexity index is 587. The van der Waals surface area contributed by atoms with Gasteiger partial charge < -0.3 is 9.66 Å². The summed E-state index contributed by atoms with van der Waals surface area (Å²) in [4.78, 5) is -0.0286. The number of hydrogen-bond donors (Lipinski definition) is 1. The van der Waals surface area contributed by atoms with Crippen LogP contribution in [0.25, 0.3) is 0 Å². The fourth-order valence-corrected chi connectivity index (χ4v) is 5.06. The minimum absolute atomic E-state index is 0.0286. The molecule has 2 fully saturated rings. The fraction of sp³-hybridized carbons (Fsp3) is 0.625. The van der Waals surface area contributed by atoms with Gasteiger partial charge in [-0.1, -0.05) is 25.7 Å². The van der Waals surface area contributed by atoms with Crippen molar-refractivity contribution in [3.63, 3.8) is 0 Å². The van der Waals surface area contributed by atoms with Crippen LogP contribution in [0, 0.1) is 0 Å². The van der Waals surface area contributed by atoms with E-state index in [0.29, 0.717) is 11.1 Å². The standard InChI is InChI=1S/C16H22O4S/c17-13-9-14(11-5-1-2-6-11)16(21(18,19)20)15(10-13)12-7-3-4-8-12/h9-12,17H,1-8H2,(H,18,19,20)/p-1. The third kappa shape index (κ3) is 2.94. The van der Waals surface area contributed by atoms with Crippen LogP contribution >= 0.6 is 0 Å². The van der Waals surface area contributed by atoms with E-state index in [4.69, 9.17) is 0 Å². The smallest absolute Gasteiger partial charge is 0.125 e. The van der Waals surface area contributed by atoms with Crippen LogP contribution in [0.2, 0.25) is 0 Å². The number of phenols is 1. The van der Waals surface area contributed by atoms with E-state index in [0.717, 1.165) is 51.4 Å². The van der Waals surface area contributed by atoms with E-state index in [1.54, 1.807) is 0 Å². The zero-order chi connectivity index (χ0) is 15.0. The highest BCUT2D eigenvalue weighted by Crippen LogP contribution is 2.45. The number of rotatable bonds is 3. The molecule has 21 heavy (non-hydrogen) atoms. The van der Waals surface area contributed by atoms with E-state index >= 15 is 0 Å². The molecule has 2 aliphatic carbocycles. The second-order valence-corrected chi connectivity index (χ2v) is 7.69. The molecule has 0 aromatic heterocycles. The minimum atomic E-state index is -4.52. The van der Waals surface area contributed by atoms with Gasteiger partial charge in [0.25, 0.3) is 0 Å². The Kier molecular flexibility index (Phi) is 3.97. The lowest BCUT2D eigenvalue weighted by atomic mass is 9.90. The zero-order valence-electron chi connectivity index (χ0n) is 12.0. The van der Waals surface area contributed by atoms with Crippen molar-refractivity contribution >= 4 is 10.1 Å². The molecular weight excluding hydrogens is 288 g/mol. The Morgan fingerprint density at radius 2 is 1.29 bits per heavy atom. The van der Waals surface area contributed by atoms with E-state index in [9.17, 15) is 18.1 Å². The average molecular weight is 309 g/mol. The van der Waals surface area contributed by atoms with Gasteiger partial charge in [0.05, 0.1) is 4.90 Å². The average Bonchev–Trinajstić information content (AvgIpc) is 3.10. The van der Waals surface area contributed by atoms with Gasteiger partial charge >= 0.3 is 0 Å². The normalized spacial score (nSPS) is 21.2. The highest BCUT2D eigenvalue weighted by atomic mass is 32.2. The van der Waals surface area contributed by atoms with Gasteiger partial charge in [-0.25, -0.2) is 8.42 Å². The first kappa shape index (κ1) is 14.9. The number of hydrogen-bond acceptors (Lipinski definition) is 4. The van der Waals surface area contributed by atoms with Crippen molar-refractivity contribution in [1.29, 1.82) is 0 Å². The predicted octanol–water partition coefficient (Wildman–Crippen LogP) is 3.61. The van der Waals surface area contributed by atoms with Gasteiger partial charge in [-0.15, -0.1) is 0 Å². The zero-order valence-corrected chi connectivity index (χ0v) is 12.9. The Morgan fingerprint density at radius 3 is 1.62 bits per heavy atom. The van der Waals surface area contributed by atoms with Crippen LogP contribution in [0.5, 0.6) is 5.75 Å². The fourth-order valence-electron chi connectivity index (χ4n) is 4.03. The van der Waals surface area contributed by atoms with Crippen molar-refractivity contribution in [2.75, 3.05) is 0 Å². The lowest BCUT2D eigenvalue weighted by Crippen LogP contribution is -2.12. The summed E-state index contributed by atoms with van der Waals surface area (Å²) in [7, 11) is -4.52. The summed E-state index contributed by atoms with van der Waals surface area (Å²) in [6.07, 6.45) is 7.81. The molecule has 1 aromatic rings. The molecule has 0 amide bonds. The van der Waals surface area contributed by atoms with Crippen LogP contribution in [-0.2, 0) is 10.1 Å². The Balaban J connectivity index is 2.18. The molecule has 0 unspecified atom stereocenters. The third-order valence-corrected chi connectivity index (χ3v) is 5.94. The molecule has 0 heterocycles. The summed E-state index contributed by atoms with van der Waals surface area (Å²) in [6, 6.07) is 3.00. The van der Waals surface area contributed by atoms with Crippen LogP contribution in [0.1, 0.15) is 74.3 Å².